The van der Waals surface area contributed by atoms with Gasteiger partial charge in [0.1, 0.15) is 6.04 Å². The maximum atomic E-state index is 12.5. The summed E-state index contributed by atoms with van der Waals surface area (Å²) in [6.07, 6.45) is 0.579. The zero-order valence-corrected chi connectivity index (χ0v) is 14.0. The number of halogens is 1. The number of nitrogens with zero attached hydrogens (tertiary/aromatic N) is 1. The summed E-state index contributed by atoms with van der Waals surface area (Å²) >= 11 is 5.95. The van der Waals surface area contributed by atoms with Crippen molar-refractivity contribution in [1.82, 2.24) is 5.32 Å². The minimum atomic E-state index is -0.523. The molecule has 6 heteroatoms. The normalized spacial score (nSPS) is 17.0. The highest BCUT2D eigenvalue weighted by Crippen LogP contribution is 2.22. The number of amides is 3. The summed E-state index contributed by atoms with van der Waals surface area (Å²) in [6.45, 7) is 2.47. The molecule has 3 amide bonds. The van der Waals surface area contributed by atoms with Crippen LogP contribution >= 0.6 is 11.6 Å². The van der Waals surface area contributed by atoms with Gasteiger partial charge >= 0.3 is 6.03 Å². The second-order valence-corrected chi connectivity index (χ2v) is 6.16. The van der Waals surface area contributed by atoms with Crippen LogP contribution in [0.1, 0.15) is 12.0 Å². The van der Waals surface area contributed by atoms with E-state index in [-0.39, 0.29) is 5.91 Å². The lowest BCUT2D eigenvalue weighted by molar-refractivity contribution is -0.118. The molecule has 1 heterocycles. The van der Waals surface area contributed by atoms with E-state index in [9.17, 15) is 9.59 Å². The first-order chi connectivity index (χ1) is 11.5. The fourth-order valence-electron chi connectivity index (χ4n) is 2.72. The van der Waals surface area contributed by atoms with Crippen molar-refractivity contribution in [1.29, 1.82) is 0 Å². The quantitative estimate of drug-likeness (QED) is 0.894. The molecular formula is C18H18ClN3O2. The number of benzene rings is 2. The van der Waals surface area contributed by atoms with E-state index in [1.807, 2.05) is 43.3 Å². The Balaban J connectivity index is 1.63. The van der Waals surface area contributed by atoms with E-state index >= 15 is 0 Å². The summed E-state index contributed by atoms with van der Waals surface area (Å²) in [5.74, 6) is -0.0980. The van der Waals surface area contributed by atoms with Gasteiger partial charge in [0.2, 0.25) is 5.91 Å². The molecule has 0 aliphatic carbocycles. The van der Waals surface area contributed by atoms with Gasteiger partial charge in [-0.3, -0.25) is 4.79 Å². The Morgan fingerprint density at radius 3 is 2.71 bits per heavy atom. The summed E-state index contributed by atoms with van der Waals surface area (Å²) in [5, 5.41) is 6.03. The molecule has 2 N–H and O–H groups in total. The number of anilines is 2. The van der Waals surface area contributed by atoms with Crippen LogP contribution in [0.4, 0.5) is 16.2 Å². The largest absolute Gasteiger partial charge is 0.326 e. The highest BCUT2D eigenvalue weighted by molar-refractivity contribution is 6.31. The Morgan fingerprint density at radius 1 is 1.21 bits per heavy atom. The van der Waals surface area contributed by atoms with Gasteiger partial charge in [0.25, 0.3) is 0 Å². The molecule has 1 atom stereocenters. The molecule has 1 aliphatic heterocycles. The van der Waals surface area contributed by atoms with Crippen LogP contribution < -0.4 is 15.5 Å². The summed E-state index contributed by atoms with van der Waals surface area (Å²) in [4.78, 5) is 26.4. The lowest BCUT2D eigenvalue weighted by Crippen LogP contribution is -2.43. The van der Waals surface area contributed by atoms with Crippen LogP contribution in [0.25, 0.3) is 0 Å². The van der Waals surface area contributed by atoms with Crippen LogP contribution in [-0.2, 0) is 4.79 Å². The first kappa shape index (κ1) is 16.3. The highest BCUT2D eigenvalue weighted by atomic mass is 35.5. The first-order valence-electron chi connectivity index (χ1n) is 7.74. The van der Waals surface area contributed by atoms with Gasteiger partial charge in [-0.15, -0.1) is 0 Å². The summed E-state index contributed by atoms with van der Waals surface area (Å²) in [6, 6.07) is 13.8. The van der Waals surface area contributed by atoms with Crippen LogP contribution in [-0.4, -0.2) is 24.5 Å². The first-order valence-corrected chi connectivity index (χ1v) is 8.12. The fraction of sp³-hybridized carbons (Fsp3) is 0.222. The van der Waals surface area contributed by atoms with Gasteiger partial charge in [-0.25, -0.2) is 4.79 Å². The monoisotopic (exact) mass is 343 g/mol. The smallest absolute Gasteiger partial charge is 0.319 e. The van der Waals surface area contributed by atoms with Crippen LogP contribution in [0.15, 0.2) is 48.5 Å². The highest BCUT2D eigenvalue weighted by Gasteiger charge is 2.33. The molecule has 1 fully saturated rings. The zero-order valence-electron chi connectivity index (χ0n) is 13.3. The van der Waals surface area contributed by atoms with Crippen molar-refractivity contribution in [3.63, 3.8) is 0 Å². The standard InChI is InChI=1S/C18H18ClN3O2/c1-12-7-8-13(19)11-16(12)21-18(24)20-15-9-10-22(17(15)23)14-5-3-2-4-6-14/h2-8,11,15H,9-10H2,1H3,(H2,20,21,24)/t15-/m1/s1. The van der Waals surface area contributed by atoms with Crippen molar-refractivity contribution < 1.29 is 9.59 Å². The van der Waals surface area contributed by atoms with Crippen molar-refractivity contribution in [3.05, 3.63) is 59.1 Å². The molecule has 124 valence electrons. The van der Waals surface area contributed by atoms with E-state index in [1.165, 1.54) is 0 Å². The van der Waals surface area contributed by atoms with Crippen LogP contribution in [0.3, 0.4) is 0 Å². The van der Waals surface area contributed by atoms with Gasteiger partial charge < -0.3 is 15.5 Å². The number of aryl methyl sites for hydroxylation is 1. The number of carbonyl (C=O) groups excluding carboxylic acids is 2. The molecular weight excluding hydrogens is 326 g/mol. The Kier molecular flexibility index (Phi) is 4.71. The molecule has 2 aromatic rings. The molecule has 0 bridgehead atoms. The van der Waals surface area contributed by atoms with Crippen molar-refractivity contribution in [2.45, 2.75) is 19.4 Å². The molecule has 0 saturated carbocycles. The molecule has 1 aliphatic rings. The topological polar surface area (TPSA) is 61.4 Å². The summed E-state index contributed by atoms with van der Waals surface area (Å²) in [5.41, 5.74) is 2.38. The number of nitrogens with one attached hydrogen (secondary N) is 2. The molecule has 24 heavy (non-hydrogen) atoms. The predicted octanol–water partition coefficient (Wildman–Crippen LogP) is 3.58. The van der Waals surface area contributed by atoms with Crippen LogP contribution in [0.5, 0.6) is 0 Å². The molecule has 0 unspecified atom stereocenters. The van der Waals surface area contributed by atoms with Crippen molar-refractivity contribution >= 4 is 34.9 Å². The SMILES string of the molecule is Cc1ccc(Cl)cc1NC(=O)N[C@@H]1CCN(c2ccccc2)C1=O. The lowest BCUT2D eigenvalue weighted by atomic mass is 10.2. The van der Waals surface area contributed by atoms with Crippen molar-refractivity contribution in [2.24, 2.45) is 0 Å². The Labute approximate surface area is 145 Å². The Morgan fingerprint density at radius 2 is 1.96 bits per heavy atom. The zero-order chi connectivity index (χ0) is 17.1. The van der Waals surface area contributed by atoms with E-state index in [4.69, 9.17) is 11.6 Å². The summed E-state index contributed by atoms with van der Waals surface area (Å²) in [7, 11) is 0. The average Bonchev–Trinajstić information content (AvgIpc) is 2.92. The van der Waals surface area contributed by atoms with Gasteiger partial charge in [-0.2, -0.15) is 0 Å². The number of hydrogen-bond acceptors (Lipinski definition) is 2. The molecule has 0 radical (unpaired) electrons. The molecule has 0 aromatic heterocycles. The van der Waals surface area contributed by atoms with Crippen molar-refractivity contribution in [3.8, 4) is 0 Å². The number of para-hydroxylation sites is 1. The Bertz CT molecular complexity index is 764. The fourth-order valence-corrected chi connectivity index (χ4v) is 2.90. The third-order valence-corrected chi connectivity index (χ3v) is 4.26. The molecule has 5 nitrogen and oxygen atoms in total. The molecule has 3 rings (SSSR count). The van der Waals surface area contributed by atoms with Gasteiger partial charge in [0, 0.05) is 22.9 Å². The number of urea groups is 1. The summed E-state index contributed by atoms with van der Waals surface area (Å²) < 4.78 is 0. The second-order valence-electron chi connectivity index (χ2n) is 5.72. The third kappa shape index (κ3) is 3.51. The van der Waals surface area contributed by atoms with Gasteiger partial charge in [-0.1, -0.05) is 35.9 Å². The minimum absolute atomic E-state index is 0.0980. The van der Waals surface area contributed by atoms with Gasteiger partial charge in [0.15, 0.2) is 0 Å². The second kappa shape index (κ2) is 6.93. The lowest BCUT2D eigenvalue weighted by Gasteiger charge is -2.17. The average molecular weight is 344 g/mol. The Hall–Kier alpha value is -2.53. The number of hydrogen-bond donors (Lipinski definition) is 2. The maximum Gasteiger partial charge on any atom is 0.319 e. The molecule has 2 aromatic carbocycles. The van der Waals surface area contributed by atoms with Crippen molar-refractivity contribution in [2.75, 3.05) is 16.8 Å². The van der Waals surface area contributed by atoms with E-state index in [0.717, 1.165) is 11.3 Å². The van der Waals surface area contributed by atoms with E-state index in [1.54, 1.807) is 17.0 Å². The third-order valence-electron chi connectivity index (χ3n) is 4.03. The van der Waals surface area contributed by atoms with E-state index in [2.05, 4.69) is 10.6 Å². The predicted molar refractivity (Wildman–Crippen MR) is 95.5 cm³/mol. The van der Waals surface area contributed by atoms with Gasteiger partial charge in [-0.05, 0) is 43.2 Å². The van der Waals surface area contributed by atoms with E-state index < -0.39 is 12.1 Å². The van der Waals surface area contributed by atoms with E-state index in [0.29, 0.717) is 23.7 Å². The molecule has 1 saturated heterocycles. The molecule has 0 spiro atoms. The van der Waals surface area contributed by atoms with Crippen LogP contribution in [0, 0.1) is 6.92 Å². The number of rotatable bonds is 3. The minimum Gasteiger partial charge on any atom is -0.326 e. The van der Waals surface area contributed by atoms with Crippen LogP contribution in [0.2, 0.25) is 5.02 Å². The maximum absolute atomic E-state index is 12.5. The number of carbonyl (C=O) groups is 2. The van der Waals surface area contributed by atoms with Gasteiger partial charge in [0.05, 0.1) is 0 Å².